The molecule has 0 aromatic heterocycles. The fourth-order valence-electron chi connectivity index (χ4n) is 3.50. The van der Waals surface area contributed by atoms with Crippen LogP contribution < -0.4 is 10.1 Å². The van der Waals surface area contributed by atoms with Crippen molar-refractivity contribution in [3.05, 3.63) is 39.4 Å². The van der Waals surface area contributed by atoms with Crippen LogP contribution >= 0.6 is 11.6 Å². The van der Waals surface area contributed by atoms with E-state index in [9.17, 15) is 24.5 Å². The minimum atomic E-state index is -1.09. The number of nitrogens with one attached hydrogen (secondary N) is 1. The van der Waals surface area contributed by atoms with Gasteiger partial charge in [0.15, 0.2) is 0 Å². The number of fused-ring (bicyclic) bond motifs is 1. The van der Waals surface area contributed by atoms with Crippen LogP contribution in [-0.2, 0) is 14.4 Å². The smallest absolute Gasteiger partial charge is 0.271 e. The predicted molar refractivity (Wildman–Crippen MR) is 99.7 cm³/mol. The Morgan fingerprint density at radius 1 is 1.36 bits per heavy atom. The van der Waals surface area contributed by atoms with Crippen LogP contribution in [0.5, 0.6) is 5.75 Å². The quantitative estimate of drug-likeness (QED) is 0.455. The number of nitro benzene ring substituents is 1. The van der Waals surface area contributed by atoms with Gasteiger partial charge < -0.3 is 10.1 Å². The Morgan fingerprint density at radius 2 is 2.04 bits per heavy atom. The lowest BCUT2D eigenvalue weighted by atomic mass is 9.85. The number of hydrogen-bond acceptors (Lipinski definition) is 6. The molecule has 1 heterocycles. The van der Waals surface area contributed by atoms with E-state index in [1.165, 1.54) is 26.2 Å². The molecule has 148 valence electrons. The maximum Gasteiger partial charge on any atom is 0.271 e. The summed E-state index contributed by atoms with van der Waals surface area (Å²) in [6, 6.07) is 2.66. The van der Waals surface area contributed by atoms with Crippen molar-refractivity contribution in [3.8, 4) is 5.75 Å². The number of carbonyl (C=O) groups is 3. The number of anilines is 1. The summed E-state index contributed by atoms with van der Waals surface area (Å²) in [6.45, 7) is 1.43. The topological polar surface area (TPSA) is 119 Å². The number of non-ortho nitro benzene ring substituents is 1. The zero-order chi connectivity index (χ0) is 20.6. The molecule has 1 fully saturated rings. The van der Waals surface area contributed by atoms with E-state index in [-0.39, 0.29) is 23.5 Å². The zero-order valence-electron chi connectivity index (χ0n) is 15.2. The molecule has 1 aromatic carbocycles. The van der Waals surface area contributed by atoms with E-state index < -0.39 is 40.5 Å². The molecular formula is C18H18ClN3O6. The standard InChI is InChI=1S/C18H18ClN3O6/c1-9(21-17(24)12-5-3-10(19)7-13(12)18(21)25)16(23)20-14-8-11(22(26)27)4-6-15(14)28-2/h3-4,6,8-9,12-13H,5,7H2,1-2H3,(H,20,23)/t9-,12-,13+/m1/s1. The zero-order valence-corrected chi connectivity index (χ0v) is 15.9. The molecule has 3 atom stereocenters. The summed E-state index contributed by atoms with van der Waals surface area (Å²) in [5.41, 5.74) is -0.154. The number of nitrogens with zero attached hydrogens (tertiary/aromatic N) is 2. The molecule has 0 saturated carbocycles. The van der Waals surface area contributed by atoms with Gasteiger partial charge in [-0.1, -0.05) is 17.7 Å². The third-order valence-corrected chi connectivity index (χ3v) is 5.33. The summed E-state index contributed by atoms with van der Waals surface area (Å²) in [7, 11) is 1.36. The van der Waals surface area contributed by atoms with Crippen molar-refractivity contribution in [2.75, 3.05) is 12.4 Å². The summed E-state index contributed by atoms with van der Waals surface area (Å²) in [6.07, 6.45) is 2.36. The highest BCUT2D eigenvalue weighted by atomic mass is 35.5. The fourth-order valence-corrected chi connectivity index (χ4v) is 3.75. The number of rotatable bonds is 5. The van der Waals surface area contributed by atoms with Gasteiger partial charge in [-0.05, 0) is 25.8 Å². The number of halogens is 1. The Morgan fingerprint density at radius 3 is 2.68 bits per heavy atom. The van der Waals surface area contributed by atoms with E-state index in [2.05, 4.69) is 5.32 Å². The van der Waals surface area contributed by atoms with E-state index in [1.54, 1.807) is 6.08 Å². The molecule has 0 radical (unpaired) electrons. The van der Waals surface area contributed by atoms with Crippen LogP contribution in [0.3, 0.4) is 0 Å². The molecule has 3 amide bonds. The van der Waals surface area contributed by atoms with Crippen LogP contribution in [0.1, 0.15) is 19.8 Å². The van der Waals surface area contributed by atoms with Crippen molar-refractivity contribution in [3.63, 3.8) is 0 Å². The van der Waals surface area contributed by atoms with Crippen molar-refractivity contribution < 1.29 is 24.0 Å². The maximum atomic E-state index is 12.7. The van der Waals surface area contributed by atoms with Crippen molar-refractivity contribution in [2.24, 2.45) is 11.8 Å². The van der Waals surface area contributed by atoms with Crippen LogP contribution in [0.15, 0.2) is 29.3 Å². The average Bonchev–Trinajstić information content (AvgIpc) is 2.90. The fraction of sp³-hybridized carbons (Fsp3) is 0.389. The summed E-state index contributed by atoms with van der Waals surface area (Å²) in [5.74, 6) is -2.36. The second kappa shape index (κ2) is 7.59. The highest BCUT2D eigenvalue weighted by molar-refractivity contribution is 6.30. The molecule has 9 nitrogen and oxygen atoms in total. The molecule has 1 N–H and O–H groups in total. The molecule has 3 rings (SSSR count). The van der Waals surface area contributed by atoms with Gasteiger partial charge in [0.2, 0.25) is 17.7 Å². The largest absolute Gasteiger partial charge is 0.495 e. The van der Waals surface area contributed by atoms with Gasteiger partial charge in [0, 0.05) is 17.2 Å². The van der Waals surface area contributed by atoms with Gasteiger partial charge in [0.05, 0.1) is 29.6 Å². The number of hydrogen-bond donors (Lipinski definition) is 1. The van der Waals surface area contributed by atoms with Gasteiger partial charge in [-0.25, -0.2) is 0 Å². The second-order valence-electron chi connectivity index (χ2n) is 6.66. The lowest BCUT2D eigenvalue weighted by molar-refractivity contribution is -0.384. The predicted octanol–water partition coefficient (Wildman–Crippen LogP) is 2.45. The summed E-state index contributed by atoms with van der Waals surface area (Å²) >= 11 is 6.00. The number of benzene rings is 1. The van der Waals surface area contributed by atoms with Crippen molar-refractivity contribution in [1.29, 1.82) is 0 Å². The molecule has 1 aromatic rings. The Hall–Kier alpha value is -2.94. The van der Waals surface area contributed by atoms with Crippen molar-refractivity contribution in [2.45, 2.75) is 25.8 Å². The summed E-state index contributed by atoms with van der Waals surface area (Å²) in [5, 5.41) is 14.0. The van der Waals surface area contributed by atoms with Crippen molar-refractivity contribution in [1.82, 2.24) is 4.90 Å². The van der Waals surface area contributed by atoms with E-state index in [4.69, 9.17) is 16.3 Å². The molecule has 1 saturated heterocycles. The number of methoxy groups -OCH3 is 1. The number of ether oxygens (including phenoxy) is 1. The molecule has 0 unspecified atom stereocenters. The maximum absolute atomic E-state index is 12.7. The van der Waals surface area contributed by atoms with Crippen LogP contribution in [0.2, 0.25) is 0 Å². The van der Waals surface area contributed by atoms with Crippen LogP contribution in [0, 0.1) is 22.0 Å². The third kappa shape index (κ3) is 3.45. The van der Waals surface area contributed by atoms with E-state index in [1.807, 2.05) is 0 Å². The summed E-state index contributed by atoms with van der Waals surface area (Å²) < 4.78 is 5.11. The van der Waals surface area contributed by atoms with Crippen LogP contribution in [-0.4, -0.2) is 40.7 Å². The minimum Gasteiger partial charge on any atom is -0.495 e. The SMILES string of the molecule is COc1ccc([N+](=O)[O-])cc1NC(=O)[C@@H](C)N1C(=O)[C@H]2CC(Cl)=CC[C@H]2C1=O. The number of carbonyl (C=O) groups excluding carboxylic acids is 3. The second-order valence-corrected chi connectivity index (χ2v) is 7.14. The number of imide groups is 1. The highest BCUT2D eigenvalue weighted by Gasteiger charge is 2.51. The van der Waals surface area contributed by atoms with E-state index in [0.717, 1.165) is 11.0 Å². The minimum absolute atomic E-state index is 0.0785. The van der Waals surface area contributed by atoms with Gasteiger partial charge in [0.1, 0.15) is 11.8 Å². The Kier molecular flexibility index (Phi) is 5.37. The first-order valence-electron chi connectivity index (χ1n) is 8.59. The number of amides is 3. The van der Waals surface area contributed by atoms with Gasteiger partial charge in [-0.15, -0.1) is 0 Å². The average molecular weight is 408 g/mol. The van der Waals surface area contributed by atoms with E-state index >= 15 is 0 Å². The molecule has 10 heteroatoms. The Labute approximate surface area is 165 Å². The van der Waals surface area contributed by atoms with Gasteiger partial charge in [0.25, 0.3) is 5.69 Å². The van der Waals surface area contributed by atoms with Gasteiger partial charge >= 0.3 is 0 Å². The normalized spacial score (nSPS) is 22.4. The molecule has 28 heavy (non-hydrogen) atoms. The molecule has 1 aliphatic heterocycles. The van der Waals surface area contributed by atoms with Gasteiger partial charge in [-0.2, -0.15) is 0 Å². The highest BCUT2D eigenvalue weighted by Crippen LogP contribution is 2.40. The third-order valence-electron chi connectivity index (χ3n) is 5.02. The first kappa shape index (κ1) is 19.8. The monoisotopic (exact) mass is 407 g/mol. The Bertz CT molecular complexity index is 899. The van der Waals surface area contributed by atoms with Crippen molar-refractivity contribution >= 4 is 40.7 Å². The first-order valence-corrected chi connectivity index (χ1v) is 8.97. The number of likely N-dealkylation sites (tertiary alicyclic amines) is 1. The lowest BCUT2D eigenvalue weighted by Gasteiger charge is -2.22. The molecule has 0 bridgehead atoms. The van der Waals surface area contributed by atoms with Gasteiger partial charge in [-0.3, -0.25) is 29.4 Å². The molecule has 1 aliphatic carbocycles. The number of allylic oxidation sites excluding steroid dienone is 2. The van der Waals surface area contributed by atoms with Crippen LogP contribution in [0.4, 0.5) is 11.4 Å². The molecule has 2 aliphatic rings. The summed E-state index contributed by atoms with van der Waals surface area (Å²) in [4.78, 5) is 49.4. The number of nitro groups is 1. The molecular weight excluding hydrogens is 390 g/mol. The Balaban J connectivity index is 1.80. The lowest BCUT2D eigenvalue weighted by Crippen LogP contribution is -2.46. The molecule has 0 spiro atoms. The van der Waals surface area contributed by atoms with E-state index in [0.29, 0.717) is 11.5 Å². The first-order chi connectivity index (χ1) is 13.2. The van der Waals surface area contributed by atoms with Crippen LogP contribution in [0.25, 0.3) is 0 Å².